The van der Waals surface area contributed by atoms with E-state index in [0.717, 1.165) is 5.56 Å². The lowest BCUT2D eigenvalue weighted by atomic mass is 9.92. The summed E-state index contributed by atoms with van der Waals surface area (Å²) in [5.74, 6) is 0.812. The van der Waals surface area contributed by atoms with Gasteiger partial charge in [0.05, 0.1) is 26.5 Å². The van der Waals surface area contributed by atoms with Crippen molar-refractivity contribution in [3.63, 3.8) is 0 Å². The van der Waals surface area contributed by atoms with E-state index in [-0.39, 0.29) is 24.9 Å². The van der Waals surface area contributed by atoms with Gasteiger partial charge in [-0.1, -0.05) is 0 Å². The van der Waals surface area contributed by atoms with E-state index in [1.807, 2.05) is 6.07 Å². The summed E-state index contributed by atoms with van der Waals surface area (Å²) < 4.78 is 10.5. The van der Waals surface area contributed by atoms with Gasteiger partial charge in [-0.15, -0.1) is 0 Å². The van der Waals surface area contributed by atoms with Crippen molar-refractivity contribution in [2.24, 2.45) is 11.0 Å². The van der Waals surface area contributed by atoms with Gasteiger partial charge < -0.3 is 14.6 Å². The fourth-order valence-corrected chi connectivity index (χ4v) is 2.18. The quantitative estimate of drug-likeness (QED) is 0.887. The maximum atomic E-state index is 11.6. The van der Waals surface area contributed by atoms with Crippen LogP contribution in [0.4, 0.5) is 0 Å². The average molecular weight is 278 g/mol. The summed E-state index contributed by atoms with van der Waals surface area (Å²) >= 11 is 0. The van der Waals surface area contributed by atoms with Crippen LogP contribution in [0.2, 0.25) is 0 Å². The fraction of sp³-hybridized carbons (Fsp3) is 0.429. The van der Waals surface area contributed by atoms with Gasteiger partial charge in [-0.2, -0.15) is 5.10 Å². The maximum absolute atomic E-state index is 11.6. The molecule has 0 aliphatic carbocycles. The average Bonchev–Trinajstić information content (AvgIpc) is 2.48. The molecule has 0 aromatic heterocycles. The first-order valence-corrected chi connectivity index (χ1v) is 6.29. The molecule has 1 heterocycles. The van der Waals surface area contributed by atoms with Crippen LogP contribution in [0.1, 0.15) is 12.0 Å². The minimum atomic E-state index is -0.295. The summed E-state index contributed by atoms with van der Waals surface area (Å²) in [6, 6.07) is 5.41. The molecule has 6 heteroatoms. The lowest BCUT2D eigenvalue weighted by molar-refractivity contribution is -0.131. The zero-order valence-corrected chi connectivity index (χ0v) is 11.8. The number of rotatable bonds is 4. The molecule has 0 saturated carbocycles. The van der Waals surface area contributed by atoms with E-state index >= 15 is 0 Å². The Balaban J connectivity index is 2.43. The molecule has 1 amide bonds. The van der Waals surface area contributed by atoms with Gasteiger partial charge in [0.1, 0.15) is 0 Å². The molecule has 1 aliphatic rings. The molecule has 0 spiro atoms. The van der Waals surface area contributed by atoms with Gasteiger partial charge in [0.2, 0.25) is 5.91 Å². The van der Waals surface area contributed by atoms with Crippen LogP contribution in [-0.4, -0.2) is 49.6 Å². The second-order valence-corrected chi connectivity index (χ2v) is 4.56. The number of aliphatic hydroxyl groups is 1. The van der Waals surface area contributed by atoms with E-state index in [0.29, 0.717) is 17.2 Å². The largest absolute Gasteiger partial charge is 0.493 e. The van der Waals surface area contributed by atoms with Gasteiger partial charge >= 0.3 is 0 Å². The number of benzene rings is 1. The first kappa shape index (κ1) is 14.3. The van der Waals surface area contributed by atoms with Crippen LogP contribution in [0.25, 0.3) is 0 Å². The number of ether oxygens (including phenoxy) is 2. The number of methoxy groups -OCH3 is 2. The smallest absolute Gasteiger partial charge is 0.243 e. The Morgan fingerprint density at radius 1 is 1.35 bits per heavy atom. The molecule has 0 fully saturated rings. The highest BCUT2D eigenvalue weighted by Gasteiger charge is 2.28. The van der Waals surface area contributed by atoms with Gasteiger partial charge in [-0.05, 0) is 18.2 Å². The second kappa shape index (κ2) is 5.92. The summed E-state index contributed by atoms with van der Waals surface area (Å²) in [6.07, 6.45) is 0.250. The molecule has 108 valence electrons. The van der Waals surface area contributed by atoms with Crippen molar-refractivity contribution in [3.05, 3.63) is 23.8 Å². The number of nitrogens with zero attached hydrogens (tertiary/aromatic N) is 2. The predicted molar refractivity (Wildman–Crippen MR) is 74.0 cm³/mol. The molecule has 2 rings (SSSR count). The molecular weight excluding hydrogens is 260 g/mol. The molecule has 1 unspecified atom stereocenters. The van der Waals surface area contributed by atoms with Crippen molar-refractivity contribution in [1.29, 1.82) is 0 Å². The molecule has 1 aliphatic heterocycles. The first-order valence-electron chi connectivity index (χ1n) is 6.29. The summed E-state index contributed by atoms with van der Waals surface area (Å²) in [5.41, 5.74) is 1.48. The molecule has 1 N–H and O–H groups in total. The molecule has 0 radical (unpaired) electrons. The van der Waals surface area contributed by atoms with Crippen LogP contribution < -0.4 is 9.47 Å². The van der Waals surface area contributed by atoms with Crippen LogP contribution in [0.3, 0.4) is 0 Å². The van der Waals surface area contributed by atoms with Crippen LogP contribution in [0.5, 0.6) is 11.5 Å². The van der Waals surface area contributed by atoms with Crippen molar-refractivity contribution in [1.82, 2.24) is 5.01 Å². The third-order valence-electron chi connectivity index (χ3n) is 3.33. The molecule has 1 atom stereocenters. The Morgan fingerprint density at radius 2 is 2.05 bits per heavy atom. The maximum Gasteiger partial charge on any atom is 0.243 e. The predicted octanol–water partition coefficient (Wildman–Crippen LogP) is 0.878. The van der Waals surface area contributed by atoms with E-state index < -0.39 is 0 Å². The SMILES string of the molecule is COc1ccc(C2=NN(C)C(=O)CC2CO)cc1OC. The fourth-order valence-electron chi connectivity index (χ4n) is 2.18. The normalized spacial score (nSPS) is 18.8. The summed E-state index contributed by atoms with van der Waals surface area (Å²) in [7, 11) is 4.73. The molecule has 0 saturated heterocycles. The number of hydrazone groups is 1. The van der Waals surface area contributed by atoms with Crippen LogP contribution in [0.15, 0.2) is 23.3 Å². The molecule has 1 aromatic rings. The monoisotopic (exact) mass is 278 g/mol. The summed E-state index contributed by atoms with van der Waals surface area (Å²) in [5, 5.41) is 15.0. The first-order chi connectivity index (χ1) is 9.60. The minimum absolute atomic E-state index is 0.103. The van der Waals surface area contributed by atoms with Gasteiger partial charge in [0, 0.05) is 24.9 Å². The standard InChI is InChI=1S/C14H18N2O4/c1-16-13(18)7-10(8-17)14(15-16)9-4-5-11(19-2)12(6-9)20-3/h4-6,10,17H,7-8H2,1-3H3. The lowest BCUT2D eigenvalue weighted by Gasteiger charge is -2.26. The highest BCUT2D eigenvalue weighted by molar-refractivity contribution is 6.06. The Bertz CT molecular complexity index is 542. The van der Waals surface area contributed by atoms with Crippen LogP contribution in [0, 0.1) is 5.92 Å². The number of carbonyl (C=O) groups excluding carboxylic acids is 1. The number of hydrogen-bond donors (Lipinski definition) is 1. The molecule has 1 aromatic carbocycles. The highest BCUT2D eigenvalue weighted by Crippen LogP contribution is 2.30. The van der Waals surface area contributed by atoms with E-state index in [1.165, 1.54) is 5.01 Å². The van der Waals surface area contributed by atoms with E-state index in [1.54, 1.807) is 33.4 Å². The van der Waals surface area contributed by atoms with Crippen molar-refractivity contribution < 1.29 is 19.4 Å². The van der Waals surface area contributed by atoms with E-state index in [4.69, 9.17) is 9.47 Å². The van der Waals surface area contributed by atoms with Gasteiger partial charge in [0.15, 0.2) is 11.5 Å². The van der Waals surface area contributed by atoms with Gasteiger partial charge in [0.25, 0.3) is 0 Å². The zero-order valence-electron chi connectivity index (χ0n) is 11.8. The highest BCUT2D eigenvalue weighted by atomic mass is 16.5. The Labute approximate surface area is 117 Å². The van der Waals surface area contributed by atoms with Gasteiger partial charge in [-0.25, -0.2) is 5.01 Å². The third-order valence-corrected chi connectivity index (χ3v) is 3.33. The van der Waals surface area contributed by atoms with Crippen molar-refractivity contribution in [2.45, 2.75) is 6.42 Å². The van der Waals surface area contributed by atoms with E-state index in [2.05, 4.69) is 5.10 Å². The van der Waals surface area contributed by atoms with Crippen molar-refractivity contribution >= 4 is 11.6 Å². The van der Waals surface area contributed by atoms with Crippen molar-refractivity contribution in [2.75, 3.05) is 27.9 Å². The Hall–Kier alpha value is -2.08. The molecule has 6 nitrogen and oxygen atoms in total. The van der Waals surface area contributed by atoms with Gasteiger partial charge in [-0.3, -0.25) is 4.79 Å². The molecule has 20 heavy (non-hydrogen) atoms. The summed E-state index contributed by atoms with van der Waals surface area (Å²) in [4.78, 5) is 11.6. The van der Waals surface area contributed by atoms with Crippen molar-refractivity contribution in [3.8, 4) is 11.5 Å². The summed E-state index contributed by atoms with van der Waals surface area (Å²) in [6.45, 7) is -0.118. The minimum Gasteiger partial charge on any atom is -0.493 e. The Kier molecular flexibility index (Phi) is 4.24. The van der Waals surface area contributed by atoms with Crippen LogP contribution >= 0.6 is 0 Å². The topological polar surface area (TPSA) is 71.4 Å². The lowest BCUT2D eigenvalue weighted by Crippen LogP contribution is -2.36. The number of amides is 1. The molecular formula is C14H18N2O4. The number of carbonyl (C=O) groups is 1. The second-order valence-electron chi connectivity index (χ2n) is 4.56. The molecule has 0 bridgehead atoms. The van der Waals surface area contributed by atoms with Crippen LogP contribution in [-0.2, 0) is 4.79 Å². The number of hydrogen-bond acceptors (Lipinski definition) is 5. The third kappa shape index (κ3) is 2.60. The Morgan fingerprint density at radius 3 is 2.65 bits per heavy atom. The number of aliphatic hydroxyl groups excluding tert-OH is 1. The van der Waals surface area contributed by atoms with E-state index in [9.17, 15) is 9.90 Å². The zero-order chi connectivity index (χ0) is 14.7.